The third-order valence-electron chi connectivity index (χ3n) is 5.00. The molecule has 1 N–H and O–H groups in total. The number of hydrogen-bond donors (Lipinski definition) is 1. The fourth-order valence-corrected chi connectivity index (χ4v) is 3.31. The van der Waals surface area contributed by atoms with Gasteiger partial charge in [-0.1, -0.05) is 6.07 Å². The molecule has 4 rings (SSSR count). The molecule has 0 saturated carbocycles. The van der Waals surface area contributed by atoms with Crippen molar-refractivity contribution in [1.29, 1.82) is 0 Å². The number of carbonyl (C=O) groups is 1. The highest BCUT2D eigenvalue weighted by atomic mass is 16.5. The molecule has 0 fully saturated rings. The second-order valence-electron chi connectivity index (χ2n) is 7.19. The van der Waals surface area contributed by atoms with Crippen molar-refractivity contribution in [3.63, 3.8) is 0 Å². The minimum atomic E-state index is -0.414. The van der Waals surface area contributed by atoms with Crippen molar-refractivity contribution in [2.75, 3.05) is 7.11 Å². The smallest absolute Gasteiger partial charge is 0.265 e. The van der Waals surface area contributed by atoms with Gasteiger partial charge in [-0.3, -0.25) is 14.6 Å². The van der Waals surface area contributed by atoms with E-state index in [1.54, 1.807) is 45.6 Å². The van der Waals surface area contributed by atoms with Gasteiger partial charge in [-0.05, 0) is 42.3 Å². The number of pyridine rings is 1. The molecule has 0 aliphatic heterocycles. The number of hydrogen-bond acceptors (Lipinski definition) is 7. The lowest BCUT2D eigenvalue weighted by Gasteiger charge is -2.13. The summed E-state index contributed by atoms with van der Waals surface area (Å²) in [7, 11) is 3.13. The fourth-order valence-electron chi connectivity index (χ4n) is 3.31. The molecule has 4 aromatic rings. The van der Waals surface area contributed by atoms with E-state index in [1.165, 1.54) is 10.9 Å². The number of methoxy groups -OCH3 is 1. The lowest BCUT2D eigenvalue weighted by atomic mass is 10.1. The van der Waals surface area contributed by atoms with Gasteiger partial charge in [-0.2, -0.15) is 0 Å². The molecule has 9 heteroatoms. The van der Waals surface area contributed by atoms with Crippen molar-refractivity contribution in [2.45, 2.75) is 20.1 Å². The lowest BCUT2D eigenvalue weighted by Crippen LogP contribution is -2.25. The van der Waals surface area contributed by atoms with E-state index in [4.69, 9.17) is 13.9 Å². The summed E-state index contributed by atoms with van der Waals surface area (Å²) in [5.74, 6) is 1.06. The van der Waals surface area contributed by atoms with Crippen LogP contribution >= 0.6 is 0 Å². The molecule has 164 valence electrons. The average molecular weight is 434 g/mol. The summed E-state index contributed by atoms with van der Waals surface area (Å²) in [5, 5.41) is 3.00. The standard InChI is InChI=1S/C23H22N4O5/c1-14-19(20-22(32-14)26-13-27(2)23(20)29)21(28)25-11-16-4-5-17(18(10-16)30-3)31-12-15-6-8-24-9-7-15/h4-10,13H,11-12H2,1-3H3,(H,25,28). The van der Waals surface area contributed by atoms with Crippen LogP contribution in [0.3, 0.4) is 0 Å². The largest absolute Gasteiger partial charge is 0.493 e. The second kappa shape index (κ2) is 8.93. The van der Waals surface area contributed by atoms with Crippen molar-refractivity contribution < 1.29 is 18.7 Å². The van der Waals surface area contributed by atoms with Crippen molar-refractivity contribution in [3.8, 4) is 11.5 Å². The number of rotatable bonds is 7. The Balaban J connectivity index is 1.49. The summed E-state index contributed by atoms with van der Waals surface area (Å²) in [4.78, 5) is 33.4. The number of ether oxygens (including phenoxy) is 2. The molecule has 0 unspecified atom stereocenters. The maximum atomic E-state index is 12.9. The van der Waals surface area contributed by atoms with Crippen molar-refractivity contribution in [2.24, 2.45) is 7.05 Å². The van der Waals surface area contributed by atoms with Gasteiger partial charge in [-0.25, -0.2) is 4.98 Å². The molecule has 0 aliphatic carbocycles. The molecule has 1 amide bonds. The van der Waals surface area contributed by atoms with Gasteiger partial charge >= 0.3 is 0 Å². The highest BCUT2D eigenvalue weighted by molar-refractivity contribution is 6.06. The number of nitrogens with one attached hydrogen (secondary N) is 1. The monoisotopic (exact) mass is 434 g/mol. The van der Waals surface area contributed by atoms with Gasteiger partial charge in [0.1, 0.15) is 24.1 Å². The SMILES string of the molecule is COc1cc(CNC(=O)c2c(C)oc3ncn(C)c(=O)c23)ccc1OCc1ccncc1. The first-order chi connectivity index (χ1) is 15.5. The molecule has 0 spiro atoms. The Morgan fingerprint density at radius 3 is 2.69 bits per heavy atom. The summed E-state index contributed by atoms with van der Waals surface area (Å²) in [6.45, 7) is 2.24. The van der Waals surface area contributed by atoms with Crippen LogP contribution in [-0.2, 0) is 20.2 Å². The number of benzene rings is 1. The molecule has 9 nitrogen and oxygen atoms in total. The van der Waals surface area contributed by atoms with Crippen LogP contribution < -0.4 is 20.3 Å². The Hall–Kier alpha value is -4.14. The number of amides is 1. The molecule has 0 atom stereocenters. The maximum Gasteiger partial charge on any atom is 0.265 e. The maximum absolute atomic E-state index is 12.9. The second-order valence-corrected chi connectivity index (χ2v) is 7.19. The van der Waals surface area contributed by atoms with Crippen LogP contribution in [0.2, 0.25) is 0 Å². The van der Waals surface area contributed by atoms with E-state index in [-0.39, 0.29) is 28.8 Å². The molecular formula is C23H22N4O5. The minimum absolute atomic E-state index is 0.146. The number of fused-ring (bicyclic) bond motifs is 1. The highest BCUT2D eigenvalue weighted by Crippen LogP contribution is 2.29. The first-order valence-electron chi connectivity index (χ1n) is 9.89. The summed E-state index contributed by atoms with van der Waals surface area (Å²) >= 11 is 0. The molecule has 0 saturated heterocycles. The number of furan rings is 1. The van der Waals surface area contributed by atoms with Crippen LogP contribution in [0.4, 0.5) is 0 Å². The van der Waals surface area contributed by atoms with Crippen LogP contribution in [0, 0.1) is 6.92 Å². The topological polar surface area (TPSA) is 108 Å². The van der Waals surface area contributed by atoms with E-state index >= 15 is 0 Å². The molecule has 3 heterocycles. The zero-order valence-electron chi connectivity index (χ0n) is 17.9. The molecular weight excluding hydrogens is 412 g/mol. The van der Waals surface area contributed by atoms with Crippen molar-refractivity contribution in [1.82, 2.24) is 19.9 Å². The van der Waals surface area contributed by atoms with Crippen LogP contribution in [0.5, 0.6) is 11.5 Å². The normalized spacial score (nSPS) is 10.8. The predicted octanol–water partition coefficient (Wildman–Crippen LogP) is 2.75. The number of carbonyl (C=O) groups excluding carboxylic acids is 1. The summed E-state index contributed by atoms with van der Waals surface area (Å²) in [6, 6.07) is 9.18. The van der Waals surface area contributed by atoms with E-state index in [1.807, 2.05) is 18.2 Å². The Morgan fingerprint density at radius 2 is 1.94 bits per heavy atom. The van der Waals surface area contributed by atoms with E-state index in [2.05, 4.69) is 15.3 Å². The summed E-state index contributed by atoms with van der Waals surface area (Å²) in [5.41, 5.74) is 1.80. The van der Waals surface area contributed by atoms with E-state index in [0.717, 1.165) is 11.1 Å². The summed E-state index contributed by atoms with van der Waals surface area (Å²) < 4.78 is 18.1. The quantitative estimate of drug-likeness (QED) is 0.476. The van der Waals surface area contributed by atoms with Gasteiger partial charge in [0.15, 0.2) is 11.5 Å². The minimum Gasteiger partial charge on any atom is -0.493 e. The van der Waals surface area contributed by atoms with Gasteiger partial charge in [0.05, 0.1) is 12.7 Å². The predicted molar refractivity (Wildman–Crippen MR) is 117 cm³/mol. The molecule has 1 aromatic carbocycles. The van der Waals surface area contributed by atoms with Crippen LogP contribution in [0.25, 0.3) is 11.1 Å². The fraction of sp³-hybridized carbons (Fsp3) is 0.217. The van der Waals surface area contributed by atoms with Gasteiger partial charge in [-0.15, -0.1) is 0 Å². The molecule has 0 radical (unpaired) electrons. The van der Waals surface area contributed by atoms with Gasteiger partial charge < -0.3 is 23.8 Å². The number of nitrogens with zero attached hydrogens (tertiary/aromatic N) is 3. The zero-order valence-corrected chi connectivity index (χ0v) is 17.9. The molecule has 0 aliphatic rings. The Morgan fingerprint density at radius 1 is 1.16 bits per heavy atom. The first-order valence-corrected chi connectivity index (χ1v) is 9.89. The highest BCUT2D eigenvalue weighted by Gasteiger charge is 2.22. The summed E-state index contributed by atoms with van der Waals surface area (Å²) in [6.07, 6.45) is 4.77. The van der Waals surface area contributed by atoms with E-state index in [9.17, 15) is 9.59 Å². The van der Waals surface area contributed by atoms with Crippen LogP contribution in [-0.4, -0.2) is 27.6 Å². The third-order valence-corrected chi connectivity index (χ3v) is 5.00. The van der Waals surface area contributed by atoms with Gasteiger partial charge in [0.25, 0.3) is 11.5 Å². The average Bonchev–Trinajstić information content (AvgIpc) is 3.16. The number of aryl methyl sites for hydroxylation is 2. The van der Waals surface area contributed by atoms with E-state index < -0.39 is 5.91 Å². The Bertz CT molecular complexity index is 1330. The molecule has 32 heavy (non-hydrogen) atoms. The van der Waals surface area contributed by atoms with Crippen LogP contribution in [0.15, 0.2) is 58.3 Å². The first kappa shape index (κ1) is 21.1. The number of aromatic nitrogens is 3. The van der Waals surface area contributed by atoms with Crippen LogP contribution in [0.1, 0.15) is 27.2 Å². The van der Waals surface area contributed by atoms with Gasteiger partial charge in [0.2, 0.25) is 5.71 Å². The van der Waals surface area contributed by atoms with Gasteiger partial charge in [0, 0.05) is 26.0 Å². The molecule has 3 aromatic heterocycles. The van der Waals surface area contributed by atoms with Crippen molar-refractivity contribution in [3.05, 3.63) is 81.9 Å². The Labute approximate surface area is 183 Å². The zero-order chi connectivity index (χ0) is 22.7. The molecule has 0 bridgehead atoms. The third kappa shape index (κ3) is 4.18. The van der Waals surface area contributed by atoms with E-state index in [0.29, 0.717) is 23.9 Å². The Kier molecular flexibility index (Phi) is 5.89. The lowest BCUT2D eigenvalue weighted by molar-refractivity contribution is 0.0950. The van der Waals surface area contributed by atoms with Crippen molar-refractivity contribution >= 4 is 17.0 Å².